The van der Waals surface area contributed by atoms with Gasteiger partial charge in [0.15, 0.2) is 0 Å². The van der Waals surface area contributed by atoms with Gasteiger partial charge in [-0.3, -0.25) is 10.1 Å². The summed E-state index contributed by atoms with van der Waals surface area (Å²) < 4.78 is 6.10. The standard InChI is InChI=1S/C12H10BrN3O3/c1-7-5-8(13)6-10(16(17)18)11(7)19-12-9(14)3-2-4-15-12/h2-6H,14H2,1H3. The number of aromatic nitrogens is 1. The van der Waals surface area contributed by atoms with E-state index in [0.29, 0.717) is 15.7 Å². The molecule has 2 aromatic rings. The number of nitro benzene ring substituents is 1. The Bertz CT molecular complexity index is 646. The summed E-state index contributed by atoms with van der Waals surface area (Å²) in [5.74, 6) is 0.287. The number of pyridine rings is 1. The Morgan fingerprint density at radius 2 is 2.21 bits per heavy atom. The molecule has 0 aliphatic rings. The number of halogens is 1. The topological polar surface area (TPSA) is 91.3 Å². The van der Waals surface area contributed by atoms with Crippen LogP contribution < -0.4 is 10.5 Å². The Labute approximate surface area is 117 Å². The Kier molecular flexibility index (Phi) is 3.66. The number of nitrogens with zero attached hydrogens (tertiary/aromatic N) is 2. The van der Waals surface area contributed by atoms with Crippen LogP contribution in [0, 0.1) is 17.0 Å². The average Bonchev–Trinajstić information content (AvgIpc) is 2.34. The first-order valence-electron chi connectivity index (χ1n) is 5.32. The highest BCUT2D eigenvalue weighted by Gasteiger charge is 2.20. The number of aryl methyl sites for hydroxylation is 1. The van der Waals surface area contributed by atoms with Gasteiger partial charge in [-0.1, -0.05) is 15.9 Å². The lowest BCUT2D eigenvalue weighted by molar-refractivity contribution is -0.385. The molecule has 0 saturated heterocycles. The second-order valence-electron chi connectivity index (χ2n) is 3.83. The molecule has 19 heavy (non-hydrogen) atoms. The number of nitrogens with two attached hydrogens (primary N) is 1. The van der Waals surface area contributed by atoms with Crippen molar-refractivity contribution in [2.24, 2.45) is 0 Å². The van der Waals surface area contributed by atoms with Crippen LogP contribution in [0.25, 0.3) is 0 Å². The van der Waals surface area contributed by atoms with Gasteiger partial charge in [0, 0.05) is 22.3 Å². The molecule has 0 fully saturated rings. The molecule has 6 nitrogen and oxygen atoms in total. The summed E-state index contributed by atoms with van der Waals surface area (Å²) in [5, 5.41) is 11.1. The second kappa shape index (κ2) is 5.23. The maximum absolute atomic E-state index is 11.1. The Hall–Kier alpha value is -2.15. The summed E-state index contributed by atoms with van der Waals surface area (Å²) in [7, 11) is 0. The summed E-state index contributed by atoms with van der Waals surface area (Å²) in [5.41, 5.74) is 6.50. The van der Waals surface area contributed by atoms with Gasteiger partial charge < -0.3 is 10.5 Å². The van der Waals surface area contributed by atoms with Crippen LogP contribution in [0.3, 0.4) is 0 Å². The first-order valence-corrected chi connectivity index (χ1v) is 6.11. The maximum atomic E-state index is 11.1. The predicted molar refractivity (Wildman–Crippen MR) is 74.3 cm³/mol. The molecule has 1 aromatic carbocycles. The molecular weight excluding hydrogens is 314 g/mol. The van der Waals surface area contributed by atoms with E-state index in [1.165, 1.54) is 12.3 Å². The van der Waals surface area contributed by atoms with Crippen molar-refractivity contribution in [3.8, 4) is 11.6 Å². The van der Waals surface area contributed by atoms with Gasteiger partial charge in [0.1, 0.15) is 0 Å². The number of anilines is 1. The highest BCUT2D eigenvalue weighted by atomic mass is 79.9. The SMILES string of the molecule is Cc1cc(Br)cc([N+](=O)[O-])c1Oc1ncccc1N. The van der Waals surface area contributed by atoms with Crippen LogP contribution in [-0.2, 0) is 0 Å². The van der Waals surface area contributed by atoms with Gasteiger partial charge in [0.05, 0.1) is 10.6 Å². The van der Waals surface area contributed by atoms with E-state index in [4.69, 9.17) is 10.5 Å². The third kappa shape index (κ3) is 2.82. The molecule has 0 spiro atoms. The van der Waals surface area contributed by atoms with Crippen molar-refractivity contribution < 1.29 is 9.66 Å². The first-order chi connectivity index (χ1) is 8.99. The molecule has 0 radical (unpaired) electrons. The van der Waals surface area contributed by atoms with Crippen LogP contribution in [0.2, 0.25) is 0 Å². The molecule has 1 aromatic heterocycles. The predicted octanol–water partition coefficient (Wildman–Crippen LogP) is 3.44. The van der Waals surface area contributed by atoms with E-state index < -0.39 is 4.92 Å². The molecule has 0 aliphatic carbocycles. The molecule has 2 rings (SSSR count). The zero-order chi connectivity index (χ0) is 14.0. The Morgan fingerprint density at radius 3 is 2.84 bits per heavy atom. The number of ether oxygens (including phenoxy) is 1. The van der Waals surface area contributed by atoms with Crippen LogP contribution in [0.4, 0.5) is 11.4 Å². The second-order valence-corrected chi connectivity index (χ2v) is 4.74. The number of rotatable bonds is 3. The lowest BCUT2D eigenvalue weighted by atomic mass is 10.2. The van der Waals surface area contributed by atoms with Crippen LogP contribution in [-0.4, -0.2) is 9.91 Å². The van der Waals surface area contributed by atoms with Crippen molar-refractivity contribution in [3.63, 3.8) is 0 Å². The minimum Gasteiger partial charge on any atom is -0.429 e. The Balaban J connectivity index is 2.51. The van der Waals surface area contributed by atoms with Crippen LogP contribution in [0.5, 0.6) is 11.6 Å². The molecule has 98 valence electrons. The molecule has 2 N–H and O–H groups in total. The molecule has 0 aliphatic heterocycles. The van der Waals surface area contributed by atoms with Crippen molar-refractivity contribution in [1.82, 2.24) is 4.98 Å². The summed E-state index contributed by atoms with van der Waals surface area (Å²) in [6.45, 7) is 1.71. The van der Waals surface area contributed by atoms with Gasteiger partial charge in [0.25, 0.3) is 0 Å². The van der Waals surface area contributed by atoms with E-state index in [1.54, 1.807) is 25.1 Å². The zero-order valence-electron chi connectivity index (χ0n) is 9.96. The summed E-state index contributed by atoms with van der Waals surface area (Å²) in [6.07, 6.45) is 1.51. The molecule has 0 unspecified atom stereocenters. The van der Waals surface area contributed by atoms with Crippen LogP contribution in [0.15, 0.2) is 34.9 Å². The van der Waals surface area contributed by atoms with E-state index in [2.05, 4.69) is 20.9 Å². The van der Waals surface area contributed by atoms with Crippen molar-refractivity contribution in [2.75, 3.05) is 5.73 Å². The molecule has 0 saturated carbocycles. The third-order valence-corrected chi connectivity index (χ3v) is 2.87. The third-order valence-electron chi connectivity index (χ3n) is 2.42. The Morgan fingerprint density at radius 1 is 1.47 bits per heavy atom. The molecular formula is C12H10BrN3O3. The van der Waals surface area contributed by atoms with Gasteiger partial charge >= 0.3 is 5.69 Å². The number of hydrogen-bond acceptors (Lipinski definition) is 5. The molecule has 0 atom stereocenters. The maximum Gasteiger partial charge on any atom is 0.313 e. The highest BCUT2D eigenvalue weighted by Crippen LogP contribution is 2.37. The average molecular weight is 324 g/mol. The van der Waals surface area contributed by atoms with Gasteiger partial charge in [0.2, 0.25) is 11.6 Å². The van der Waals surface area contributed by atoms with E-state index in [0.717, 1.165) is 0 Å². The molecule has 7 heteroatoms. The minimum atomic E-state index is -0.508. The van der Waals surface area contributed by atoms with Crippen LogP contribution in [0.1, 0.15) is 5.56 Å². The van der Waals surface area contributed by atoms with Gasteiger partial charge in [-0.25, -0.2) is 4.98 Å². The largest absolute Gasteiger partial charge is 0.429 e. The number of nitrogen functional groups attached to an aromatic ring is 1. The molecule has 0 bridgehead atoms. The fraction of sp³-hybridized carbons (Fsp3) is 0.0833. The fourth-order valence-electron chi connectivity index (χ4n) is 1.57. The van der Waals surface area contributed by atoms with E-state index in [1.807, 2.05) is 0 Å². The zero-order valence-corrected chi connectivity index (χ0v) is 11.5. The summed E-state index contributed by atoms with van der Waals surface area (Å²) >= 11 is 3.22. The van der Waals surface area contributed by atoms with Crippen molar-refractivity contribution in [1.29, 1.82) is 0 Å². The van der Waals surface area contributed by atoms with Crippen LogP contribution >= 0.6 is 15.9 Å². The van der Waals surface area contributed by atoms with E-state index in [-0.39, 0.29) is 17.3 Å². The molecule has 0 amide bonds. The smallest absolute Gasteiger partial charge is 0.313 e. The quantitative estimate of drug-likeness (QED) is 0.690. The highest BCUT2D eigenvalue weighted by molar-refractivity contribution is 9.10. The van der Waals surface area contributed by atoms with Crippen molar-refractivity contribution in [2.45, 2.75) is 6.92 Å². The number of benzene rings is 1. The molecule has 1 heterocycles. The summed E-state index contributed by atoms with van der Waals surface area (Å²) in [6, 6.07) is 6.37. The van der Waals surface area contributed by atoms with Gasteiger partial charge in [-0.15, -0.1) is 0 Å². The summed E-state index contributed by atoms with van der Waals surface area (Å²) in [4.78, 5) is 14.5. The lowest BCUT2D eigenvalue weighted by Gasteiger charge is -2.10. The number of nitro groups is 1. The van der Waals surface area contributed by atoms with Crippen molar-refractivity contribution in [3.05, 3.63) is 50.6 Å². The van der Waals surface area contributed by atoms with E-state index in [9.17, 15) is 10.1 Å². The lowest BCUT2D eigenvalue weighted by Crippen LogP contribution is -1.99. The minimum absolute atomic E-state index is 0.138. The first kappa shape index (κ1) is 13.3. The van der Waals surface area contributed by atoms with Crippen molar-refractivity contribution >= 4 is 27.3 Å². The fourth-order valence-corrected chi connectivity index (χ4v) is 2.13. The number of hydrogen-bond donors (Lipinski definition) is 1. The van der Waals surface area contributed by atoms with E-state index >= 15 is 0 Å². The normalized spacial score (nSPS) is 10.2. The van der Waals surface area contributed by atoms with Gasteiger partial charge in [-0.05, 0) is 25.1 Å². The monoisotopic (exact) mass is 323 g/mol. The van der Waals surface area contributed by atoms with Gasteiger partial charge in [-0.2, -0.15) is 0 Å².